The summed E-state index contributed by atoms with van der Waals surface area (Å²) in [6.07, 6.45) is 8.25. The summed E-state index contributed by atoms with van der Waals surface area (Å²) in [5.41, 5.74) is 1.16. The molecule has 2 amide bonds. The fourth-order valence-corrected chi connectivity index (χ4v) is 3.63. The van der Waals surface area contributed by atoms with Gasteiger partial charge in [-0.15, -0.1) is 0 Å². The van der Waals surface area contributed by atoms with Crippen LogP contribution in [-0.4, -0.2) is 17.9 Å². The lowest BCUT2D eigenvalue weighted by atomic mass is 10.0. The summed E-state index contributed by atoms with van der Waals surface area (Å²) < 4.78 is 0. The van der Waals surface area contributed by atoms with E-state index in [1.165, 1.54) is 31.2 Å². The Hall–Kier alpha value is -1.84. The molecule has 0 aliphatic heterocycles. The van der Waals surface area contributed by atoms with Gasteiger partial charge in [-0.1, -0.05) is 51.7 Å². The number of anilines is 1. The maximum absolute atomic E-state index is 12.7. The summed E-state index contributed by atoms with van der Waals surface area (Å²) in [6.45, 7) is 4.29. The molecule has 0 radical (unpaired) electrons. The molecule has 0 spiro atoms. The first-order valence-corrected chi connectivity index (χ1v) is 9.74. The van der Waals surface area contributed by atoms with Crippen LogP contribution >= 0.6 is 0 Å². The molecule has 0 atom stereocenters. The number of hydrogen-bond acceptors (Lipinski definition) is 2. The van der Waals surface area contributed by atoms with Crippen LogP contribution in [0.5, 0.6) is 0 Å². The molecule has 2 saturated carbocycles. The zero-order valence-electron chi connectivity index (χ0n) is 15.4. The molecule has 2 fully saturated rings. The zero-order valence-corrected chi connectivity index (χ0v) is 15.4. The number of rotatable bonds is 5. The second-order valence-electron chi connectivity index (χ2n) is 7.97. The highest BCUT2D eigenvalue weighted by Gasteiger charge is 2.56. The Morgan fingerprint density at radius 3 is 2.08 bits per heavy atom. The number of carbonyl (C=O) groups excluding carboxylic acids is 2. The molecule has 4 heteroatoms. The summed E-state index contributed by atoms with van der Waals surface area (Å²) in [5.74, 6) is 0.233. The Balaban J connectivity index is 1.59. The van der Waals surface area contributed by atoms with E-state index in [0.717, 1.165) is 18.5 Å². The highest BCUT2D eigenvalue weighted by Crippen LogP contribution is 2.47. The minimum Gasteiger partial charge on any atom is -0.352 e. The Morgan fingerprint density at radius 2 is 1.56 bits per heavy atom. The second kappa shape index (κ2) is 7.59. The van der Waals surface area contributed by atoms with Crippen molar-refractivity contribution in [3.05, 3.63) is 29.8 Å². The van der Waals surface area contributed by atoms with Gasteiger partial charge in [-0.25, -0.2) is 0 Å². The zero-order chi connectivity index (χ0) is 17.9. The van der Waals surface area contributed by atoms with Crippen molar-refractivity contribution < 1.29 is 9.59 Å². The lowest BCUT2D eigenvalue weighted by Crippen LogP contribution is -2.44. The van der Waals surface area contributed by atoms with Crippen LogP contribution in [0.4, 0.5) is 5.69 Å². The van der Waals surface area contributed by atoms with Crippen molar-refractivity contribution in [2.24, 2.45) is 5.41 Å². The van der Waals surface area contributed by atoms with Gasteiger partial charge in [-0.2, -0.15) is 0 Å². The van der Waals surface area contributed by atoms with Crippen molar-refractivity contribution in [3.8, 4) is 0 Å². The maximum Gasteiger partial charge on any atom is 0.240 e. The summed E-state index contributed by atoms with van der Waals surface area (Å²) >= 11 is 0. The highest BCUT2D eigenvalue weighted by atomic mass is 16.2. The quantitative estimate of drug-likeness (QED) is 0.617. The van der Waals surface area contributed by atoms with E-state index >= 15 is 0 Å². The minimum atomic E-state index is -0.844. The lowest BCUT2D eigenvalue weighted by Gasteiger charge is -2.21. The lowest BCUT2D eigenvalue weighted by molar-refractivity contribution is -0.134. The smallest absolute Gasteiger partial charge is 0.240 e. The molecule has 0 unspecified atom stereocenters. The maximum atomic E-state index is 12.7. The molecule has 1 aromatic carbocycles. The third-order valence-electron chi connectivity index (χ3n) is 5.64. The highest BCUT2D eigenvalue weighted by molar-refractivity contribution is 6.13. The van der Waals surface area contributed by atoms with E-state index in [-0.39, 0.29) is 17.9 Å². The number of hydrogen-bond donors (Lipinski definition) is 2. The first-order valence-electron chi connectivity index (χ1n) is 9.74. The van der Waals surface area contributed by atoms with Crippen LogP contribution in [0.2, 0.25) is 0 Å². The summed E-state index contributed by atoms with van der Waals surface area (Å²) in [7, 11) is 0. The van der Waals surface area contributed by atoms with Gasteiger partial charge in [-0.05, 0) is 49.3 Å². The van der Waals surface area contributed by atoms with Crippen LogP contribution in [0.1, 0.15) is 76.7 Å². The van der Waals surface area contributed by atoms with Gasteiger partial charge in [0.25, 0.3) is 0 Å². The first-order chi connectivity index (χ1) is 12.0. The van der Waals surface area contributed by atoms with E-state index in [0.29, 0.717) is 18.8 Å². The molecular weight excluding hydrogens is 312 g/mol. The van der Waals surface area contributed by atoms with E-state index in [1.54, 1.807) is 0 Å². The molecule has 0 saturated heterocycles. The monoisotopic (exact) mass is 342 g/mol. The number of benzene rings is 1. The van der Waals surface area contributed by atoms with Crippen molar-refractivity contribution in [3.63, 3.8) is 0 Å². The van der Waals surface area contributed by atoms with Gasteiger partial charge in [0.15, 0.2) is 0 Å². The average molecular weight is 342 g/mol. The molecule has 2 N–H and O–H groups in total. The predicted molar refractivity (Wildman–Crippen MR) is 100 cm³/mol. The van der Waals surface area contributed by atoms with Crippen LogP contribution in [0.15, 0.2) is 24.3 Å². The number of carbonyl (C=O) groups is 2. The number of amides is 2. The summed E-state index contributed by atoms with van der Waals surface area (Å²) in [5, 5.41) is 6.09. The Kier molecular flexibility index (Phi) is 5.45. The van der Waals surface area contributed by atoms with Gasteiger partial charge in [0, 0.05) is 11.7 Å². The minimum absolute atomic E-state index is 0.0734. The molecule has 0 aromatic heterocycles. The molecule has 4 nitrogen and oxygen atoms in total. The van der Waals surface area contributed by atoms with E-state index in [2.05, 4.69) is 24.5 Å². The van der Waals surface area contributed by atoms with Gasteiger partial charge in [0.2, 0.25) is 11.8 Å². The Morgan fingerprint density at radius 1 is 0.960 bits per heavy atom. The van der Waals surface area contributed by atoms with Crippen LogP contribution in [0, 0.1) is 5.41 Å². The molecule has 1 aromatic rings. The molecule has 25 heavy (non-hydrogen) atoms. The van der Waals surface area contributed by atoms with Gasteiger partial charge >= 0.3 is 0 Å². The van der Waals surface area contributed by atoms with E-state index < -0.39 is 5.41 Å². The SMILES string of the molecule is CC(C)c1ccc(NC(=O)C2(C(=O)NC3CCCCCC3)CC2)cc1. The molecule has 0 bridgehead atoms. The fourth-order valence-electron chi connectivity index (χ4n) is 3.63. The fraction of sp³-hybridized carbons (Fsp3) is 0.619. The molecule has 3 rings (SSSR count). The molecular formula is C21H30N2O2. The third kappa shape index (κ3) is 4.23. The first kappa shape index (κ1) is 18.0. The van der Waals surface area contributed by atoms with Crippen LogP contribution in [0.25, 0.3) is 0 Å². The Bertz CT molecular complexity index is 609. The largest absolute Gasteiger partial charge is 0.352 e. The van der Waals surface area contributed by atoms with Gasteiger partial charge < -0.3 is 10.6 Å². The van der Waals surface area contributed by atoms with E-state index in [9.17, 15) is 9.59 Å². The standard InChI is InChI=1S/C21H30N2O2/c1-15(2)16-9-11-18(12-10-16)23-20(25)21(13-14-21)19(24)22-17-7-5-3-4-6-8-17/h9-12,15,17H,3-8,13-14H2,1-2H3,(H,22,24)(H,23,25). The van der Waals surface area contributed by atoms with Crippen molar-refractivity contribution in [1.29, 1.82) is 0 Å². The van der Waals surface area contributed by atoms with Crippen LogP contribution in [0.3, 0.4) is 0 Å². The van der Waals surface area contributed by atoms with Crippen LogP contribution in [-0.2, 0) is 9.59 Å². The number of nitrogens with one attached hydrogen (secondary N) is 2. The van der Waals surface area contributed by atoms with Crippen LogP contribution < -0.4 is 10.6 Å². The normalized spacial score (nSPS) is 20.0. The van der Waals surface area contributed by atoms with Gasteiger partial charge in [0.1, 0.15) is 5.41 Å². The summed E-state index contributed by atoms with van der Waals surface area (Å²) in [6, 6.07) is 8.15. The molecule has 136 valence electrons. The summed E-state index contributed by atoms with van der Waals surface area (Å²) in [4.78, 5) is 25.4. The molecule has 2 aliphatic carbocycles. The van der Waals surface area contributed by atoms with Crippen molar-refractivity contribution in [2.75, 3.05) is 5.32 Å². The molecule has 2 aliphatic rings. The van der Waals surface area contributed by atoms with E-state index in [1.807, 2.05) is 24.3 Å². The predicted octanol–water partition coefficient (Wildman–Crippen LogP) is 4.37. The Labute approximate surface area is 150 Å². The third-order valence-corrected chi connectivity index (χ3v) is 5.64. The van der Waals surface area contributed by atoms with Gasteiger partial charge in [0.05, 0.1) is 0 Å². The van der Waals surface area contributed by atoms with Crippen molar-refractivity contribution >= 4 is 17.5 Å². The topological polar surface area (TPSA) is 58.2 Å². The average Bonchev–Trinajstić information content (AvgIpc) is 3.41. The molecule has 0 heterocycles. The second-order valence-corrected chi connectivity index (χ2v) is 7.97. The van der Waals surface area contributed by atoms with Crippen molar-refractivity contribution in [2.45, 2.75) is 77.2 Å². The van der Waals surface area contributed by atoms with Crippen molar-refractivity contribution in [1.82, 2.24) is 5.32 Å². The van der Waals surface area contributed by atoms with E-state index in [4.69, 9.17) is 0 Å². The van der Waals surface area contributed by atoms with Gasteiger partial charge in [-0.3, -0.25) is 9.59 Å².